The highest BCUT2D eigenvalue weighted by Crippen LogP contribution is 2.25. The minimum Gasteiger partial charge on any atom is -0.229 e. The summed E-state index contributed by atoms with van der Waals surface area (Å²) in [4.78, 5) is 0. The highest BCUT2D eigenvalue weighted by Gasteiger charge is 2.34. The number of aryl methyl sites for hydroxylation is 1. The van der Waals surface area contributed by atoms with Gasteiger partial charge < -0.3 is 0 Å². The Morgan fingerprint density at radius 2 is 1.95 bits per heavy atom. The highest BCUT2D eigenvalue weighted by molar-refractivity contribution is 7.95. The molecule has 0 bridgehead atoms. The van der Waals surface area contributed by atoms with E-state index in [1.165, 1.54) is 0 Å². The largest absolute Gasteiger partial charge is 0.229 e. The molecule has 1 aromatic carbocycles. The molecule has 4 nitrogen and oxygen atoms in total. The Labute approximate surface area is 133 Å². The summed E-state index contributed by atoms with van der Waals surface area (Å²) in [6.07, 6.45) is 0.891. The lowest BCUT2D eigenvalue weighted by Gasteiger charge is -2.22. The third-order valence-corrected chi connectivity index (χ3v) is 8.49. The zero-order valence-electron chi connectivity index (χ0n) is 13.4. The van der Waals surface area contributed by atoms with Gasteiger partial charge in [0.15, 0.2) is 19.7 Å². The molecule has 1 unspecified atom stereocenters. The van der Waals surface area contributed by atoms with Gasteiger partial charge in [-0.15, -0.1) is 0 Å². The zero-order valence-corrected chi connectivity index (χ0v) is 15.0. The molecular weight excluding hydrogens is 320 g/mol. The van der Waals surface area contributed by atoms with E-state index in [1.54, 1.807) is 0 Å². The second-order valence-electron chi connectivity index (χ2n) is 6.53. The second kappa shape index (κ2) is 6.32. The quantitative estimate of drug-likeness (QED) is 0.842. The van der Waals surface area contributed by atoms with Gasteiger partial charge in [0.1, 0.15) is 0 Å². The maximum Gasteiger partial charge on any atom is 0.158 e. The Kier molecular flexibility index (Phi) is 5.02. The lowest BCUT2D eigenvalue weighted by Crippen LogP contribution is -2.36. The van der Waals surface area contributed by atoms with Gasteiger partial charge in [0.05, 0.1) is 22.5 Å². The van der Waals surface area contributed by atoms with Gasteiger partial charge in [0.2, 0.25) is 0 Å². The first-order chi connectivity index (χ1) is 10.1. The first-order valence-corrected chi connectivity index (χ1v) is 11.2. The van der Waals surface area contributed by atoms with Crippen LogP contribution in [0, 0.1) is 6.92 Å². The van der Waals surface area contributed by atoms with E-state index in [4.69, 9.17) is 0 Å². The van der Waals surface area contributed by atoms with Gasteiger partial charge in [-0.2, -0.15) is 0 Å². The van der Waals surface area contributed by atoms with E-state index in [2.05, 4.69) is 13.8 Å². The van der Waals surface area contributed by atoms with Gasteiger partial charge >= 0.3 is 0 Å². The first-order valence-electron chi connectivity index (χ1n) is 7.62. The fourth-order valence-electron chi connectivity index (χ4n) is 2.80. The number of hydrogen-bond donors (Lipinski definition) is 0. The van der Waals surface area contributed by atoms with Crippen molar-refractivity contribution in [3.63, 3.8) is 0 Å². The summed E-state index contributed by atoms with van der Waals surface area (Å²) in [5, 5.41) is -0.756. The van der Waals surface area contributed by atoms with Gasteiger partial charge in [-0.05, 0) is 42.4 Å². The molecule has 0 amide bonds. The molecule has 6 heteroatoms. The van der Waals surface area contributed by atoms with E-state index in [1.807, 2.05) is 25.1 Å². The molecular formula is C16H24O4S2. The summed E-state index contributed by atoms with van der Waals surface area (Å²) in [7, 11) is -6.67. The lowest BCUT2D eigenvalue weighted by molar-refractivity contribution is 0.551. The van der Waals surface area contributed by atoms with Crippen LogP contribution in [0.15, 0.2) is 18.2 Å². The number of hydrogen-bond acceptors (Lipinski definition) is 4. The van der Waals surface area contributed by atoms with Crippen molar-refractivity contribution in [2.24, 2.45) is 0 Å². The van der Waals surface area contributed by atoms with E-state index >= 15 is 0 Å². The van der Waals surface area contributed by atoms with E-state index < -0.39 is 24.9 Å². The first kappa shape index (κ1) is 17.5. The van der Waals surface area contributed by atoms with E-state index in [0.29, 0.717) is 18.8 Å². The zero-order chi connectivity index (χ0) is 16.5. The second-order valence-corrected chi connectivity index (χ2v) is 11.0. The van der Waals surface area contributed by atoms with Gasteiger partial charge in [0, 0.05) is 0 Å². The summed E-state index contributed by atoms with van der Waals surface area (Å²) in [5.41, 5.74) is 2.83. The fraction of sp³-hybridized carbons (Fsp3) is 0.625. The average molecular weight is 344 g/mol. The molecule has 1 atom stereocenters. The lowest BCUT2D eigenvalue weighted by atomic mass is 9.99. The van der Waals surface area contributed by atoms with Crippen LogP contribution in [0.1, 0.15) is 49.3 Å². The number of sulfone groups is 2. The predicted octanol–water partition coefficient (Wildman–Crippen LogP) is 2.61. The van der Waals surface area contributed by atoms with Crippen LogP contribution in [-0.4, -0.2) is 33.6 Å². The molecule has 0 N–H and O–H groups in total. The van der Waals surface area contributed by atoms with E-state index in [-0.39, 0.29) is 17.3 Å². The molecule has 0 spiro atoms. The molecule has 1 aliphatic rings. The van der Waals surface area contributed by atoms with Crippen LogP contribution in [0.2, 0.25) is 0 Å². The Bertz CT molecular complexity index is 746. The van der Waals surface area contributed by atoms with Gasteiger partial charge in [-0.3, -0.25) is 0 Å². The molecule has 0 aromatic heterocycles. The minimum atomic E-state index is -3.45. The van der Waals surface area contributed by atoms with Crippen molar-refractivity contribution >= 4 is 19.7 Å². The van der Waals surface area contributed by atoms with Crippen molar-refractivity contribution in [1.29, 1.82) is 0 Å². The van der Waals surface area contributed by atoms with Crippen LogP contribution < -0.4 is 0 Å². The Morgan fingerprint density at radius 3 is 2.55 bits per heavy atom. The summed E-state index contributed by atoms with van der Waals surface area (Å²) < 4.78 is 48.6. The molecule has 1 heterocycles. The van der Waals surface area contributed by atoms with Crippen LogP contribution in [0.3, 0.4) is 0 Å². The molecule has 0 radical (unpaired) electrons. The molecule has 22 heavy (non-hydrogen) atoms. The van der Waals surface area contributed by atoms with E-state index in [9.17, 15) is 16.8 Å². The summed E-state index contributed by atoms with van der Waals surface area (Å²) in [6.45, 7) is 6.03. The average Bonchev–Trinajstić information content (AvgIpc) is 2.39. The summed E-state index contributed by atoms with van der Waals surface area (Å²) >= 11 is 0. The van der Waals surface area contributed by atoms with Crippen molar-refractivity contribution in [2.45, 2.75) is 50.5 Å². The molecule has 0 aliphatic carbocycles. The highest BCUT2D eigenvalue weighted by atomic mass is 32.2. The molecule has 124 valence electrons. The topological polar surface area (TPSA) is 68.3 Å². The van der Waals surface area contributed by atoms with Gasteiger partial charge in [0.25, 0.3) is 0 Å². The molecule has 2 rings (SSSR count). The minimum absolute atomic E-state index is 0.0699. The van der Waals surface area contributed by atoms with Crippen molar-refractivity contribution < 1.29 is 16.8 Å². The van der Waals surface area contributed by atoms with Crippen molar-refractivity contribution in [3.8, 4) is 0 Å². The maximum absolute atomic E-state index is 12.6. The van der Waals surface area contributed by atoms with Crippen molar-refractivity contribution in [3.05, 3.63) is 34.9 Å². The van der Waals surface area contributed by atoms with Crippen LogP contribution in [0.4, 0.5) is 0 Å². The number of rotatable bonds is 4. The molecule has 1 fully saturated rings. The Balaban J connectivity index is 2.27. The summed E-state index contributed by atoms with van der Waals surface area (Å²) in [6, 6.07) is 5.90. The Hall–Kier alpha value is -0.880. The van der Waals surface area contributed by atoms with Crippen LogP contribution in [0.5, 0.6) is 0 Å². The monoisotopic (exact) mass is 344 g/mol. The smallest absolute Gasteiger partial charge is 0.158 e. The predicted molar refractivity (Wildman–Crippen MR) is 89.6 cm³/mol. The summed E-state index contributed by atoms with van der Waals surface area (Å²) in [5.74, 6) is 0.149. The third kappa shape index (κ3) is 4.10. The third-order valence-electron chi connectivity index (χ3n) is 4.33. The van der Waals surface area contributed by atoms with Crippen molar-refractivity contribution in [2.75, 3.05) is 11.5 Å². The van der Waals surface area contributed by atoms with Crippen LogP contribution >= 0.6 is 0 Å². The fourth-order valence-corrected chi connectivity index (χ4v) is 7.27. The van der Waals surface area contributed by atoms with E-state index in [0.717, 1.165) is 16.7 Å². The Morgan fingerprint density at radius 1 is 1.27 bits per heavy atom. The van der Waals surface area contributed by atoms with Crippen LogP contribution in [-0.2, 0) is 25.4 Å². The molecule has 1 aliphatic heterocycles. The number of benzene rings is 1. The van der Waals surface area contributed by atoms with Gasteiger partial charge in [-0.1, -0.05) is 32.0 Å². The van der Waals surface area contributed by atoms with Crippen molar-refractivity contribution in [1.82, 2.24) is 0 Å². The SMILES string of the molecule is Cc1ccc(C(C)C)cc1CS(=O)(=O)C1CCCS(=O)(=O)C1. The van der Waals surface area contributed by atoms with Gasteiger partial charge in [-0.25, -0.2) is 16.8 Å². The molecule has 1 aromatic rings. The standard InChI is InChI=1S/C16H24O4S2/c1-12(2)14-7-6-13(3)15(9-14)10-22(19,20)16-5-4-8-21(17,18)11-16/h6-7,9,12,16H,4-5,8,10-11H2,1-3H3. The normalized spacial score (nSPS) is 21.9. The molecule has 0 saturated carbocycles. The van der Waals surface area contributed by atoms with Crippen LogP contribution in [0.25, 0.3) is 0 Å². The molecule has 1 saturated heterocycles. The maximum atomic E-state index is 12.6.